The third-order valence-electron chi connectivity index (χ3n) is 2.04. The predicted octanol–water partition coefficient (Wildman–Crippen LogP) is -2.67. The topological polar surface area (TPSA) is 107 Å². The molecule has 0 fully saturated rings. The minimum absolute atomic E-state index is 0.250. The Kier molecular flexibility index (Phi) is 2.81. The van der Waals surface area contributed by atoms with Crippen LogP contribution in [0.25, 0.3) is 0 Å². The zero-order valence-corrected chi connectivity index (χ0v) is 6.46. The second kappa shape index (κ2) is 3.51. The van der Waals surface area contributed by atoms with Crippen LogP contribution in [-0.2, 0) is 0 Å². The van der Waals surface area contributed by atoms with Gasteiger partial charge >= 0.3 is 0 Å². The van der Waals surface area contributed by atoms with E-state index in [1.807, 2.05) is 0 Å². The average Bonchev–Trinajstić information content (AvgIpc) is 2.08. The minimum Gasteiger partial charge on any atom is -0.392 e. The summed E-state index contributed by atoms with van der Waals surface area (Å²) in [6.07, 6.45) is -2.34. The summed E-state index contributed by atoms with van der Waals surface area (Å²) in [6, 6.07) is -0.731. The van der Waals surface area contributed by atoms with Crippen molar-refractivity contribution in [3.63, 3.8) is 0 Å². The molecule has 5 nitrogen and oxygen atoms in total. The van der Waals surface area contributed by atoms with Gasteiger partial charge in [0.15, 0.2) is 0 Å². The highest BCUT2D eigenvalue weighted by atomic mass is 16.4. The molecule has 0 aliphatic heterocycles. The first-order valence-corrected chi connectivity index (χ1v) is 3.69. The SMILES string of the molecule is N[C@@H]1C=C(CO)[C@@H](O)[C@H](O)[C@@H]1O. The lowest BCUT2D eigenvalue weighted by Gasteiger charge is -2.32. The minimum atomic E-state index is -1.31. The van der Waals surface area contributed by atoms with E-state index in [0.29, 0.717) is 0 Å². The fourth-order valence-corrected chi connectivity index (χ4v) is 1.22. The fourth-order valence-electron chi connectivity index (χ4n) is 1.22. The molecule has 0 radical (unpaired) electrons. The number of aliphatic hydroxyl groups excluding tert-OH is 4. The van der Waals surface area contributed by atoms with E-state index in [0.717, 1.165) is 0 Å². The molecular formula is C7H13NO4. The van der Waals surface area contributed by atoms with Crippen LogP contribution in [0.3, 0.4) is 0 Å². The van der Waals surface area contributed by atoms with Crippen LogP contribution in [-0.4, -0.2) is 51.4 Å². The van der Waals surface area contributed by atoms with Gasteiger partial charge in [-0.3, -0.25) is 0 Å². The average molecular weight is 175 g/mol. The van der Waals surface area contributed by atoms with Crippen LogP contribution in [0.1, 0.15) is 0 Å². The van der Waals surface area contributed by atoms with Gasteiger partial charge in [-0.2, -0.15) is 0 Å². The molecule has 0 saturated heterocycles. The third-order valence-corrected chi connectivity index (χ3v) is 2.04. The summed E-state index contributed by atoms with van der Waals surface area (Å²) >= 11 is 0. The van der Waals surface area contributed by atoms with Crippen LogP contribution in [0.5, 0.6) is 0 Å². The van der Waals surface area contributed by atoms with Gasteiger partial charge in [0.05, 0.1) is 12.6 Å². The molecular weight excluding hydrogens is 162 g/mol. The normalized spacial score (nSPS) is 42.6. The molecule has 0 bridgehead atoms. The summed E-state index contributed by atoms with van der Waals surface area (Å²) in [5, 5.41) is 36.3. The molecule has 6 N–H and O–H groups in total. The molecule has 0 aromatic rings. The van der Waals surface area contributed by atoms with Crippen molar-refractivity contribution >= 4 is 0 Å². The molecule has 12 heavy (non-hydrogen) atoms. The molecule has 0 heterocycles. The Morgan fingerprint density at radius 3 is 2.33 bits per heavy atom. The largest absolute Gasteiger partial charge is 0.392 e. The lowest BCUT2D eigenvalue weighted by Crippen LogP contribution is -2.52. The highest BCUT2D eigenvalue weighted by molar-refractivity contribution is 5.20. The molecule has 1 aliphatic rings. The first-order valence-electron chi connectivity index (χ1n) is 3.69. The van der Waals surface area contributed by atoms with Gasteiger partial charge in [0.25, 0.3) is 0 Å². The van der Waals surface area contributed by atoms with Gasteiger partial charge in [-0.05, 0) is 5.57 Å². The third kappa shape index (κ3) is 1.50. The van der Waals surface area contributed by atoms with Crippen LogP contribution in [0.15, 0.2) is 11.6 Å². The molecule has 1 aliphatic carbocycles. The molecule has 0 aromatic heterocycles. The molecule has 1 rings (SSSR count). The van der Waals surface area contributed by atoms with Crippen LogP contribution in [0.2, 0.25) is 0 Å². The van der Waals surface area contributed by atoms with Gasteiger partial charge in [0.1, 0.15) is 18.3 Å². The second-order valence-electron chi connectivity index (χ2n) is 2.90. The number of hydrogen-bond acceptors (Lipinski definition) is 5. The molecule has 0 aromatic carbocycles. The molecule has 70 valence electrons. The lowest BCUT2D eigenvalue weighted by atomic mass is 9.89. The molecule has 4 atom stereocenters. The van der Waals surface area contributed by atoms with Crippen molar-refractivity contribution in [2.75, 3.05) is 6.61 Å². The summed E-state index contributed by atoms with van der Waals surface area (Å²) in [5.74, 6) is 0. The van der Waals surface area contributed by atoms with E-state index in [9.17, 15) is 10.2 Å². The van der Waals surface area contributed by atoms with E-state index >= 15 is 0 Å². The van der Waals surface area contributed by atoms with Crippen molar-refractivity contribution in [1.82, 2.24) is 0 Å². The maximum Gasteiger partial charge on any atom is 0.111 e. The molecule has 5 heteroatoms. The Morgan fingerprint density at radius 2 is 1.83 bits per heavy atom. The van der Waals surface area contributed by atoms with E-state index in [-0.39, 0.29) is 12.2 Å². The van der Waals surface area contributed by atoms with Crippen molar-refractivity contribution in [3.8, 4) is 0 Å². The van der Waals surface area contributed by atoms with Crippen molar-refractivity contribution in [2.45, 2.75) is 24.4 Å². The summed E-state index contributed by atoms with van der Waals surface area (Å²) in [5.41, 5.74) is 5.64. The number of rotatable bonds is 1. The van der Waals surface area contributed by atoms with Crippen molar-refractivity contribution in [3.05, 3.63) is 11.6 Å². The van der Waals surface area contributed by atoms with Gasteiger partial charge in [-0.1, -0.05) is 6.08 Å². The zero-order chi connectivity index (χ0) is 9.30. The highest BCUT2D eigenvalue weighted by Crippen LogP contribution is 2.18. The summed E-state index contributed by atoms with van der Waals surface area (Å²) < 4.78 is 0. The Morgan fingerprint density at radius 1 is 1.25 bits per heavy atom. The van der Waals surface area contributed by atoms with E-state index in [1.54, 1.807) is 0 Å². The standard InChI is InChI=1S/C7H13NO4/c8-4-1-3(2-9)5(10)7(12)6(4)11/h1,4-7,9-12H,2,8H2/t4-,5-,6-,7+/m1/s1. The second-order valence-corrected chi connectivity index (χ2v) is 2.90. The van der Waals surface area contributed by atoms with Crippen LogP contribution < -0.4 is 5.73 Å². The smallest absolute Gasteiger partial charge is 0.111 e. The summed E-state index contributed by atoms with van der Waals surface area (Å²) in [4.78, 5) is 0. The van der Waals surface area contributed by atoms with Gasteiger partial charge < -0.3 is 26.2 Å². The van der Waals surface area contributed by atoms with Crippen molar-refractivity contribution in [2.24, 2.45) is 5.73 Å². The maximum atomic E-state index is 9.23. The van der Waals surface area contributed by atoms with Crippen molar-refractivity contribution in [1.29, 1.82) is 0 Å². The molecule has 0 amide bonds. The van der Waals surface area contributed by atoms with Gasteiger partial charge in [0.2, 0.25) is 0 Å². The molecule has 0 unspecified atom stereocenters. The Balaban J connectivity index is 2.84. The van der Waals surface area contributed by atoms with Gasteiger partial charge in [0, 0.05) is 0 Å². The Labute approximate surface area is 69.8 Å². The monoisotopic (exact) mass is 175 g/mol. The quantitative estimate of drug-likeness (QED) is 0.279. The van der Waals surface area contributed by atoms with Crippen LogP contribution in [0.4, 0.5) is 0 Å². The first kappa shape index (κ1) is 9.63. The van der Waals surface area contributed by atoms with Crippen LogP contribution >= 0.6 is 0 Å². The fraction of sp³-hybridized carbons (Fsp3) is 0.714. The van der Waals surface area contributed by atoms with E-state index in [1.165, 1.54) is 6.08 Å². The Bertz CT molecular complexity index is 194. The summed E-state index contributed by atoms with van der Waals surface area (Å²) in [6.45, 7) is -0.362. The first-order chi connectivity index (χ1) is 5.57. The predicted molar refractivity (Wildman–Crippen MR) is 41.2 cm³/mol. The number of nitrogens with two attached hydrogens (primary N) is 1. The van der Waals surface area contributed by atoms with Gasteiger partial charge in [-0.25, -0.2) is 0 Å². The lowest BCUT2D eigenvalue weighted by molar-refractivity contribution is -0.0596. The summed E-state index contributed by atoms with van der Waals surface area (Å²) in [7, 11) is 0. The molecule has 0 spiro atoms. The number of hydrogen-bond donors (Lipinski definition) is 5. The molecule has 0 saturated carbocycles. The van der Waals surface area contributed by atoms with Crippen molar-refractivity contribution < 1.29 is 20.4 Å². The zero-order valence-electron chi connectivity index (χ0n) is 6.46. The Hall–Kier alpha value is -0.460. The van der Waals surface area contributed by atoms with E-state index < -0.39 is 24.4 Å². The van der Waals surface area contributed by atoms with E-state index in [2.05, 4.69) is 0 Å². The van der Waals surface area contributed by atoms with Gasteiger partial charge in [-0.15, -0.1) is 0 Å². The highest BCUT2D eigenvalue weighted by Gasteiger charge is 2.34. The number of aliphatic hydroxyl groups is 4. The maximum absolute atomic E-state index is 9.23. The van der Waals surface area contributed by atoms with E-state index in [4.69, 9.17) is 15.9 Å². The van der Waals surface area contributed by atoms with Crippen LogP contribution in [0, 0.1) is 0 Å².